The lowest BCUT2D eigenvalue weighted by Gasteiger charge is -2.30. The molecule has 0 N–H and O–H groups in total. The molecule has 0 bridgehead atoms. The first-order valence-corrected chi connectivity index (χ1v) is 9.85. The molecule has 3 heteroatoms. The largest absolute Gasteiger partial charge is 0.519 e. The van der Waals surface area contributed by atoms with E-state index in [0.29, 0.717) is 6.42 Å². The van der Waals surface area contributed by atoms with Crippen LogP contribution in [0.25, 0.3) is 0 Å². The van der Waals surface area contributed by atoms with Crippen LogP contribution in [0.3, 0.4) is 0 Å². The molecule has 0 radical (unpaired) electrons. The molecule has 0 saturated carbocycles. The van der Waals surface area contributed by atoms with Crippen LogP contribution in [0.4, 0.5) is 0 Å². The summed E-state index contributed by atoms with van der Waals surface area (Å²) in [6, 6.07) is 2.33. The van der Waals surface area contributed by atoms with Gasteiger partial charge in [0.2, 0.25) is 0 Å². The van der Waals surface area contributed by atoms with Crippen LogP contribution in [-0.4, -0.2) is 14.3 Å². The zero-order chi connectivity index (χ0) is 12.6. The van der Waals surface area contributed by atoms with Crippen molar-refractivity contribution < 1.29 is 9.22 Å². The lowest BCUT2D eigenvalue weighted by atomic mass is 10.2. The average Bonchev–Trinajstić information content (AvgIpc) is 2.29. The van der Waals surface area contributed by atoms with Crippen molar-refractivity contribution in [2.45, 2.75) is 70.5 Å². The van der Waals surface area contributed by atoms with E-state index in [0.717, 1.165) is 18.5 Å². The highest BCUT2D eigenvalue weighted by Crippen LogP contribution is 2.29. The van der Waals surface area contributed by atoms with Gasteiger partial charge in [0.05, 0.1) is 6.42 Å². The van der Waals surface area contributed by atoms with Crippen molar-refractivity contribution in [1.29, 1.82) is 0 Å². The maximum atomic E-state index is 11.7. The fraction of sp³-hybridized carbons (Fsp3) is 0.786. The minimum absolute atomic E-state index is 0.00573. The number of carbonyl (C=O) groups is 1. The summed E-state index contributed by atoms with van der Waals surface area (Å²) in [6.07, 6.45) is 11.9. The first kappa shape index (κ1) is 14.5. The molecule has 0 amide bonds. The lowest BCUT2D eigenvalue weighted by molar-refractivity contribution is -0.134. The molecule has 1 fully saturated rings. The highest BCUT2D eigenvalue weighted by atomic mass is 28.4. The lowest BCUT2D eigenvalue weighted by Crippen LogP contribution is -2.38. The summed E-state index contributed by atoms with van der Waals surface area (Å²) in [5.41, 5.74) is 0. The summed E-state index contributed by atoms with van der Waals surface area (Å²) in [7, 11) is -1.66. The molecule has 1 aliphatic rings. The molecule has 0 aromatic heterocycles. The summed E-state index contributed by atoms with van der Waals surface area (Å²) in [5, 5.41) is 0. The number of hydrogen-bond acceptors (Lipinski definition) is 2. The maximum absolute atomic E-state index is 11.7. The topological polar surface area (TPSA) is 26.3 Å². The molecule has 0 spiro atoms. The van der Waals surface area contributed by atoms with Gasteiger partial charge in [0, 0.05) is 0 Å². The molecular weight excluding hydrogens is 228 g/mol. The van der Waals surface area contributed by atoms with Crippen LogP contribution in [0.1, 0.15) is 51.9 Å². The number of unbranched alkanes of at least 4 members (excludes halogenated alkanes) is 2. The van der Waals surface area contributed by atoms with E-state index in [-0.39, 0.29) is 5.97 Å². The van der Waals surface area contributed by atoms with Crippen molar-refractivity contribution in [3.8, 4) is 0 Å². The third-order valence-corrected chi connectivity index (χ3v) is 6.99. The molecular formula is C14H26O2Si. The smallest absolute Gasteiger partial charge is 0.296 e. The quantitative estimate of drug-likeness (QED) is 0.398. The molecule has 1 rings (SSSR count). The van der Waals surface area contributed by atoms with Gasteiger partial charge in [0.25, 0.3) is 14.3 Å². The van der Waals surface area contributed by atoms with Crippen molar-refractivity contribution >= 4 is 14.3 Å². The predicted octanol–water partition coefficient (Wildman–Crippen LogP) is 4.43. The van der Waals surface area contributed by atoms with Crippen molar-refractivity contribution in [3.05, 3.63) is 12.2 Å². The second-order valence-corrected chi connectivity index (χ2v) is 9.41. The van der Waals surface area contributed by atoms with E-state index < -0.39 is 8.32 Å². The van der Waals surface area contributed by atoms with E-state index in [4.69, 9.17) is 4.43 Å². The summed E-state index contributed by atoms with van der Waals surface area (Å²) < 4.78 is 5.73. The van der Waals surface area contributed by atoms with E-state index in [2.05, 4.69) is 19.5 Å². The molecule has 1 aliphatic heterocycles. The van der Waals surface area contributed by atoms with Gasteiger partial charge in [0.1, 0.15) is 0 Å². The van der Waals surface area contributed by atoms with E-state index in [9.17, 15) is 4.79 Å². The standard InChI is InChI=1S/C14H26O2Si/c1-3-4-5-6-8-11-14(15)16-17(2)12-9-7-10-13-17/h6,8H,3-5,7,9-13H2,1-2H3/b8-6+. The minimum atomic E-state index is -1.66. The van der Waals surface area contributed by atoms with Crippen LogP contribution < -0.4 is 0 Å². The zero-order valence-corrected chi connectivity index (χ0v) is 12.3. The first-order valence-electron chi connectivity index (χ1n) is 7.03. The molecule has 1 heterocycles. The first-order chi connectivity index (χ1) is 8.16. The van der Waals surface area contributed by atoms with Crippen LogP contribution >= 0.6 is 0 Å². The van der Waals surface area contributed by atoms with Gasteiger partial charge in [-0.25, -0.2) is 0 Å². The molecule has 0 unspecified atom stereocenters. The van der Waals surface area contributed by atoms with Crippen LogP contribution in [0.5, 0.6) is 0 Å². The number of hydrogen-bond donors (Lipinski definition) is 0. The molecule has 0 aromatic carbocycles. The fourth-order valence-corrected chi connectivity index (χ4v) is 5.42. The van der Waals surface area contributed by atoms with Gasteiger partial charge in [-0.05, 0) is 25.1 Å². The minimum Gasteiger partial charge on any atom is -0.519 e. The molecule has 0 atom stereocenters. The Bertz CT molecular complexity index is 255. The fourth-order valence-electron chi connectivity index (χ4n) is 2.34. The molecule has 98 valence electrons. The Morgan fingerprint density at radius 2 is 1.94 bits per heavy atom. The average molecular weight is 254 g/mol. The summed E-state index contributed by atoms with van der Waals surface area (Å²) in [4.78, 5) is 11.7. The Morgan fingerprint density at radius 3 is 2.59 bits per heavy atom. The van der Waals surface area contributed by atoms with Gasteiger partial charge >= 0.3 is 0 Å². The Kier molecular flexibility index (Phi) is 6.56. The SMILES string of the molecule is CCCC/C=C/CC(=O)O[Si]1(C)CCCCC1. The van der Waals surface area contributed by atoms with Gasteiger partial charge in [0.15, 0.2) is 0 Å². The number of rotatable bonds is 6. The van der Waals surface area contributed by atoms with E-state index >= 15 is 0 Å². The van der Waals surface area contributed by atoms with Crippen molar-refractivity contribution in [2.75, 3.05) is 0 Å². The Balaban J connectivity index is 2.21. The molecule has 1 saturated heterocycles. The number of allylic oxidation sites excluding steroid dienone is 1. The normalized spacial score (nSPS) is 19.4. The molecule has 2 nitrogen and oxygen atoms in total. The van der Waals surface area contributed by atoms with E-state index in [1.54, 1.807) is 0 Å². The molecule has 17 heavy (non-hydrogen) atoms. The van der Waals surface area contributed by atoms with Gasteiger partial charge in [-0.2, -0.15) is 0 Å². The van der Waals surface area contributed by atoms with Gasteiger partial charge in [-0.3, -0.25) is 4.79 Å². The van der Waals surface area contributed by atoms with Crippen molar-refractivity contribution in [3.63, 3.8) is 0 Å². The van der Waals surface area contributed by atoms with Gasteiger partial charge < -0.3 is 4.43 Å². The highest BCUT2D eigenvalue weighted by molar-refractivity contribution is 6.74. The third-order valence-electron chi connectivity index (χ3n) is 3.45. The maximum Gasteiger partial charge on any atom is 0.296 e. The summed E-state index contributed by atoms with van der Waals surface area (Å²) in [5.74, 6) is -0.00573. The Hall–Kier alpha value is -0.573. The predicted molar refractivity (Wildman–Crippen MR) is 74.5 cm³/mol. The van der Waals surface area contributed by atoms with E-state index in [1.807, 2.05) is 6.08 Å². The summed E-state index contributed by atoms with van der Waals surface area (Å²) in [6.45, 7) is 4.39. The molecule has 0 aliphatic carbocycles. The van der Waals surface area contributed by atoms with Crippen molar-refractivity contribution in [2.24, 2.45) is 0 Å². The van der Waals surface area contributed by atoms with Crippen LogP contribution in [-0.2, 0) is 9.22 Å². The van der Waals surface area contributed by atoms with Crippen LogP contribution in [0, 0.1) is 0 Å². The Labute approximate surface area is 107 Å². The highest BCUT2D eigenvalue weighted by Gasteiger charge is 2.34. The van der Waals surface area contributed by atoms with E-state index in [1.165, 1.54) is 32.1 Å². The second kappa shape index (κ2) is 7.70. The molecule has 0 aromatic rings. The Morgan fingerprint density at radius 1 is 1.24 bits per heavy atom. The summed E-state index contributed by atoms with van der Waals surface area (Å²) >= 11 is 0. The van der Waals surface area contributed by atoms with Crippen LogP contribution in [0.15, 0.2) is 12.2 Å². The third kappa shape index (κ3) is 6.06. The van der Waals surface area contributed by atoms with Gasteiger partial charge in [-0.1, -0.05) is 51.2 Å². The monoisotopic (exact) mass is 254 g/mol. The van der Waals surface area contributed by atoms with Crippen LogP contribution in [0.2, 0.25) is 18.6 Å². The number of carbonyl (C=O) groups excluding carboxylic acids is 1. The second-order valence-electron chi connectivity index (χ2n) is 5.30. The zero-order valence-electron chi connectivity index (χ0n) is 11.3. The van der Waals surface area contributed by atoms with Crippen molar-refractivity contribution in [1.82, 2.24) is 0 Å². The van der Waals surface area contributed by atoms with Gasteiger partial charge in [-0.15, -0.1) is 0 Å².